The first-order valence-electron chi connectivity index (χ1n) is 6.86. The Labute approximate surface area is 140 Å². The Bertz CT molecular complexity index is 807. The molecular formula is C16H13BrN4O2. The van der Waals surface area contributed by atoms with Gasteiger partial charge in [-0.15, -0.1) is 0 Å². The molecular weight excluding hydrogens is 360 g/mol. The molecule has 7 heteroatoms. The maximum Gasteiger partial charge on any atom is 0.307 e. The molecule has 3 rings (SSSR count). The molecule has 2 heterocycles. The number of aromatic nitrogens is 2. The Morgan fingerprint density at radius 2 is 2.13 bits per heavy atom. The number of carbonyl (C=O) groups excluding carboxylic acids is 1. The molecule has 0 aliphatic heterocycles. The number of hydrogen-bond acceptors (Lipinski definition) is 4. The lowest BCUT2D eigenvalue weighted by Crippen LogP contribution is -2.16. The lowest BCUT2D eigenvalue weighted by atomic mass is 10.2. The first-order chi connectivity index (χ1) is 11.2. The van der Waals surface area contributed by atoms with Gasteiger partial charge in [0, 0.05) is 16.9 Å². The van der Waals surface area contributed by atoms with Gasteiger partial charge in [-0.2, -0.15) is 10.2 Å². The highest BCUT2D eigenvalue weighted by Crippen LogP contribution is 2.10. The van der Waals surface area contributed by atoms with Crippen molar-refractivity contribution in [1.82, 2.24) is 15.2 Å². The number of nitrogens with one attached hydrogen (secondary N) is 1. The first kappa shape index (κ1) is 15.2. The van der Waals surface area contributed by atoms with Crippen molar-refractivity contribution >= 4 is 28.1 Å². The van der Waals surface area contributed by atoms with E-state index in [1.165, 1.54) is 0 Å². The van der Waals surface area contributed by atoms with Gasteiger partial charge < -0.3 is 4.42 Å². The summed E-state index contributed by atoms with van der Waals surface area (Å²) in [4.78, 5) is 12.0. The van der Waals surface area contributed by atoms with Crippen LogP contribution in [0.3, 0.4) is 0 Å². The molecule has 23 heavy (non-hydrogen) atoms. The fraction of sp³-hybridized carbons (Fsp3) is 0.0625. The third kappa shape index (κ3) is 4.17. The summed E-state index contributed by atoms with van der Waals surface area (Å²) in [7, 11) is 0. The smallest absolute Gasteiger partial charge is 0.307 e. The van der Waals surface area contributed by atoms with Gasteiger partial charge in [0.25, 0.3) is 0 Å². The van der Waals surface area contributed by atoms with Crippen molar-refractivity contribution in [3.63, 3.8) is 0 Å². The number of furan rings is 1. The molecule has 0 fully saturated rings. The van der Waals surface area contributed by atoms with E-state index in [4.69, 9.17) is 4.42 Å². The van der Waals surface area contributed by atoms with Crippen LogP contribution in [0.1, 0.15) is 21.9 Å². The molecule has 116 valence electrons. The fourth-order valence-corrected chi connectivity index (χ4v) is 2.17. The van der Waals surface area contributed by atoms with Crippen molar-refractivity contribution in [3.05, 3.63) is 76.4 Å². The summed E-state index contributed by atoms with van der Waals surface area (Å²) in [5, 5.41) is 8.00. The standard InChI is InChI=1S/C16H13BrN4O2/c17-13-4-2-12(3-5-13)10-18-20-16(22)15-7-6-14(23-15)11-21-9-1-8-19-21/h1-10H,11H2,(H,20,22)/b18-10+. The zero-order valence-electron chi connectivity index (χ0n) is 12.0. The monoisotopic (exact) mass is 372 g/mol. The van der Waals surface area contributed by atoms with Crippen molar-refractivity contribution in [2.24, 2.45) is 5.10 Å². The molecule has 0 aliphatic rings. The maximum atomic E-state index is 12.0. The van der Waals surface area contributed by atoms with E-state index in [9.17, 15) is 4.79 Å². The third-order valence-electron chi connectivity index (χ3n) is 3.01. The summed E-state index contributed by atoms with van der Waals surface area (Å²) in [5.74, 6) is 0.459. The van der Waals surface area contributed by atoms with Crippen molar-refractivity contribution in [3.8, 4) is 0 Å². The van der Waals surface area contributed by atoms with E-state index in [1.807, 2.05) is 36.5 Å². The van der Waals surface area contributed by atoms with E-state index in [-0.39, 0.29) is 5.76 Å². The molecule has 3 aromatic rings. The highest BCUT2D eigenvalue weighted by atomic mass is 79.9. The van der Waals surface area contributed by atoms with Gasteiger partial charge in [0.1, 0.15) is 5.76 Å². The number of hydrazone groups is 1. The summed E-state index contributed by atoms with van der Waals surface area (Å²) in [6, 6.07) is 12.8. The number of nitrogens with zero attached hydrogens (tertiary/aromatic N) is 3. The number of benzene rings is 1. The SMILES string of the molecule is O=C(N/N=C/c1ccc(Br)cc1)c1ccc(Cn2cccn2)o1. The quantitative estimate of drug-likeness (QED) is 0.552. The van der Waals surface area contributed by atoms with Gasteiger partial charge in [0.05, 0.1) is 12.8 Å². The summed E-state index contributed by atoms with van der Waals surface area (Å²) in [6.07, 6.45) is 5.08. The van der Waals surface area contributed by atoms with E-state index >= 15 is 0 Å². The van der Waals surface area contributed by atoms with E-state index in [1.54, 1.807) is 29.2 Å². The maximum absolute atomic E-state index is 12.0. The van der Waals surface area contributed by atoms with Crippen LogP contribution in [0, 0.1) is 0 Å². The molecule has 0 radical (unpaired) electrons. The normalized spacial score (nSPS) is 11.0. The Hall–Kier alpha value is -2.67. The summed E-state index contributed by atoms with van der Waals surface area (Å²) in [6.45, 7) is 0.475. The summed E-state index contributed by atoms with van der Waals surface area (Å²) >= 11 is 3.36. The zero-order valence-corrected chi connectivity index (χ0v) is 13.6. The molecule has 2 aromatic heterocycles. The molecule has 0 saturated heterocycles. The molecule has 1 N–H and O–H groups in total. The largest absolute Gasteiger partial charge is 0.454 e. The van der Waals surface area contributed by atoms with Gasteiger partial charge in [-0.05, 0) is 35.9 Å². The van der Waals surface area contributed by atoms with Gasteiger partial charge in [-0.25, -0.2) is 5.43 Å². The Morgan fingerprint density at radius 1 is 1.30 bits per heavy atom. The number of rotatable bonds is 5. The average Bonchev–Trinajstić information content (AvgIpc) is 3.21. The fourth-order valence-electron chi connectivity index (χ4n) is 1.91. The van der Waals surface area contributed by atoms with Crippen LogP contribution < -0.4 is 5.43 Å². The predicted octanol–water partition coefficient (Wildman–Crippen LogP) is 3.05. The van der Waals surface area contributed by atoms with Crippen molar-refractivity contribution in [2.45, 2.75) is 6.54 Å². The molecule has 1 aromatic carbocycles. The molecule has 0 saturated carbocycles. The average molecular weight is 373 g/mol. The second kappa shape index (κ2) is 7.06. The highest BCUT2D eigenvalue weighted by Gasteiger charge is 2.10. The highest BCUT2D eigenvalue weighted by molar-refractivity contribution is 9.10. The van der Waals surface area contributed by atoms with Crippen LogP contribution in [0.2, 0.25) is 0 Å². The van der Waals surface area contributed by atoms with Crippen LogP contribution in [0.15, 0.2) is 68.8 Å². The molecule has 1 amide bonds. The van der Waals surface area contributed by atoms with Crippen LogP contribution in [-0.4, -0.2) is 21.9 Å². The Kier molecular flexibility index (Phi) is 4.68. The van der Waals surface area contributed by atoms with Gasteiger partial charge in [0.15, 0.2) is 5.76 Å². The molecule has 0 spiro atoms. The lowest BCUT2D eigenvalue weighted by Gasteiger charge is -1.98. The van der Waals surface area contributed by atoms with Crippen molar-refractivity contribution < 1.29 is 9.21 Å². The van der Waals surface area contributed by atoms with Crippen LogP contribution in [0.5, 0.6) is 0 Å². The van der Waals surface area contributed by atoms with Crippen LogP contribution in [-0.2, 0) is 6.54 Å². The number of halogens is 1. The van der Waals surface area contributed by atoms with Gasteiger partial charge in [-0.1, -0.05) is 28.1 Å². The third-order valence-corrected chi connectivity index (χ3v) is 3.54. The Balaban J connectivity index is 1.58. The van der Waals surface area contributed by atoms with E-state index in [0.29, 0.717) is 12.3 Å². The topological polar surface area (TPSA) is 72.4 Å². The number of amides is 1. The zero-order chi connectivity index (χ0) is 16.1. The molecule has 0 bridgehead atoms. The van der Waals surface area contributed by atoms with Gasteiger partial charge in [0.2, 0.25) is 0 Å². The number of carbonyl (C=O) groups is 1. The minimum atomic E-state index is -0.398. The number of hydrogen-bond donors (Lipinski definition) is 1. The first-order valence-corrected chi connectivity index (χ1v) is 7.65. The minimum absolute atomic E-state index is 0.208. The summed E-state index contributed by atoms with van der Waals surface area (Å²) in [5.41, 5.74) is 3.32. The Morgan fingerprint density at radius 3 is 2.87 bits per heavy atom. The molecule has 0 unspecified atom stereocenters. The minimum Gasteiger partial charge on any atom is -0.454 e. The second-order valence-electron chi connectivity index (χ2n) is 4.72. The lowest BCUT2D eigenvalue weighted by molar-refractivity contribution is 0.0925. The van der Waals surface area contributed by atoms with Gasteiger partial charge >= 0.3 is 5.91 Å². The second-order valence-corrected chi connectivity index (χ2v) is 5.64. The van der Waals surface area contributed by atoms with E-state index < -0.39 is 5.91 Å². The molecule has 6 nitrogen and oxygen atoms in total. The predicted molar refractivity (Wildman–Crippen MR) is 89.2 cm³/mol. The van der Waals surface area contributed by atoms with E-state index in [2.05, 4.69) is 31.6 Å². The van der Waals surface area contributed by atoms with Crippen LogP contribution in [0.25, 0.3) is 0 Å². The van der Waals surface area contributed by atoms with Crippen molar-refractivity contribution in [1.29, 1.82) is 0 Å². The van der Waals surface area contributed by atoms with Crippen molar-refractivity contribution in [2.75, 3.05) is 0 Å². The molecule has 0 atom stereocenters. The van der Waals surface area contributed by atoms with Crippen LogP contribution >= 0.6 is 15.9 Å². The van der Waals surface area contributed by atoms with Crippen LogP contribution in [0.4, 0.5) is 0 Å². The van der Waals surface area contributed by atoms with Gasteiger partial charge in [-0.3, -0.25) is 9.48 Å². The van der Waals surface area contributed by atoms with E-state index in [0.717, 1.165) is 10.0 Å². The molecule has 0 aliphatic carbocycles. The summed E-state index contributed by atoms with van der Waals surface area (Å²) < 4.78 is 8.18.